The molecule has 3 heteroatoms. The fraction of sp³-hybridized carbons (Fsp3) is 0.429. The van der Waals surface area contributed by atoms with Crippen LogP contribution in [0.15, 0.2) is 34.3 Å². The SMILES string of the molecule is CNC(C1=CCCCC1)c1ccc(F)cc1Br. The fourth-order valence-electron chi connectivity index (χ4n) is 2.40. The van der Waals surface area contributed by atoms with Crippen molar-refractivity contribution in [3.05, 3.63) is 45.7 Å². The van der Waals surface area contributed by atoms with Gasteiger partial charge in [0, 0.05) is 4.47 Å². The van der Waals surface area contributed by atoms with Crippen LogP contribution in [-0.2, 0) is 0 Å². The molecular weight excluding hydrogens is 281 g/mol. The second-order valence-electron chi connectivity index (χ2n) is 4.41. The van der Waals surface area contributed by atoms with Crippen LogP contribution in [0.4, 0.5) is 4.39 Å². The summed E-state index contributed by atoms with van der Waals surface area (Å²) in [7, 11) is 1.95. The molecule has 0 saturated carbocycles. The van der Waals surface area contributed by atoms with Gasteiger partial charge in [-0.3, -0.25) is 0 Å². The minimum absolute atomic E-state index is 0.199. The van der Waals surface area contributed by atoms with Gasteiger partial charge in [-0.1, -0.05) is 33.6 Å². The zero-order valence-corrected chi connectivity index (χ0v) is 11.6. The molecule has 1 nitrogen and oxygen atoms in total. The number of likely N-dealkylation sites (N-methyl/N-ethyl adjacent to an activating group) is 1. The summed E-state index contributed by atoms with van der Waals surface area (Å²) >= 11 is 3.45. The molecular formula is C14H17BrFN. The van der Waals surface area contributed by atoms with Crippen molar-refractivity contribution in [2.45, 2.75) is 31.7 Å². The second-order valence-corrected chi connectivity index (χ2v) is 5.27. The predicted molar refractivity (Wildman–Crippen MR) is 72.5 cm³/mol. The lowest BCUT2D eigenvalue weighted by Gasteiger charge is -2.24. The second kappa shape index (κ2) is 5.78. The molecule has 0 bridgehead atoms. The third-order valence-corrected chi connectivity index (χ3v) is 3.95. The molecule has 0 aliphatic heterocycles. The number of hydrogen-bond acceptors (Lipinski definition) is 1. The maximum absolute atomic E-state index is 13.1. The van der Waals surface area contributed by atoms with Gasteiger partial charge in [-0.25, -0.2) is 4.39 Å². The van der Waals surface area contributed by atoms with Crippen molar-refractivity contribution in [3.63, 3.8) is 0 Å². The zero-order chi connectivity index (χ0) is 12.3. The molecule has 1 aromatic rings. The van der Waals surface area contributed by atoms with Gasteiger partial charge in [0.15, 0.2) is 0 Å². The van der Waals surface area contributed by atoms with Crippen molar-refractivity contribution in [1.82, 2.24) is 5.32 Å². The van der Waals surface area contributed by atoms with Crippen molar-refractivity contribution in [3.8, 4) is 0 Å². The molecule has 0 heterocycles. The van der Waals surface area contributed by atoms with E-state index in [0.717, 1.165) is 22.9 Å². The maximum Gasteiger partial charge on any atom is 0.124 e. The van der Waals surface area contributed by atoms with E-state index in [9.17, 15) is 4.39 Å². The third-order valence-electron chi connectivity index (χ3n) is 3.26. The molecule has 0 spiro atoms. The van der Waals surface area contributed by atoms with Crippen molar-refractivity contribution in [2.75, 3.05) is 7.05 Å². The van der Waals surface area contributed by atoms with E-state index in [1.165, 1.54) is 30.5 Å². The third kappa shape index (κ3) is 2.96. The molecule has 1 atom stereocenters. The minimum Gasteiger partial charge on any atom is -0.310 e. The standard InChI is InChI=1S/C14H17BrFN/c1-17-14(10-5-3-2-4-6-10)12-8-7-11(16)9-13(12)15/h5,7-9,14,17H,2-4,6H2,1H3. The Morgan fingerprint density at radius 3 is 2.76 bits per heavy atom. The molecule has 0 saturated heterocycles. The Morgan fingerprint density at radius 1 is 1.35 bits per heavy atom. The highest BCUT2D eigenvalue weighted by molar-refractivity contribution is 9.10. The number of benzene rings is 1. The maximum atomic E-state index is 13.1. The number of hydrogen-bond donors (Lipinski definition) is 1. The van der Waals surface area contributed by atoms with Crippen molar-refractivity contribution in [2.24, 2.45) is 0 Å². The van der Waals surface area contributed by atoms with Gasteiger partial charge in [0.05, 0.1) is 6.04 Å². The van der Waals surface area contributed by atoms with Gasteiger partial charge >= 0.3 is 0 Å². The number of nitrogens with one attached hydrogen (secondary N) is 1. The van der Waals surface area contributed by atoms with Crippen LogP contribution in [0.1, 0.15) is 37.3 Å². The van der Waals surface area contributed by atoms with E-state index in [0.29, 0.717) is 0 Å². The number of rotatable bonds is 3. The summed E-state index contributed by atoms with van der Waals surface area (Å²) in [6.07, 6.45) is 7.15. The lowest BCUT2D eigenvalue weighted by molar-refractivity contribution is 0.587. The van der Waals surface area contributed by atoms with E-state index in [1.54, 1.807) is 0 Å². The van der Waals surface area contributed by atoms with Crippen LogP contribution < -0.4 is 5.32 Å². The van der Waals surface area contributed by atoms with Crippen LogP contribution in [0.25, 0.3) is 0 Å². The molecule has 0 aromatic heterocycles. The summed E-state index contributed by atoms with van der Waals surface area (Å²) in [6.45, 7) is 0. The van der Waals surface area contributed by atoms with Gasteiger partial charge in [-0.2, -0.15) is 0 Å². The Labute approximate surface area is 110 Å². The first-order valence-electron chi connectivity index (χ1n) is 6.03. The Morgan fingerprint density at radius 2 is 2.18 bits per heavy atom. The summed E-state index contributed by atoms with van der Waals surface area (Å²) in [5.41, 5.74) is 2.54. The van der Waals surface area contributed by atoms with Crippen LogP contribution in [0, 0.1) is 5.82 Å². The highest BCUT2D eigenvalue weighted by Crippen LogP contribution is 2.33. The Kier molecular flexibility index (Phi) is 4.35. The van der Waals surface area contributed by atoms with Crippen LogP contribution >= 0.6 is 15.9 Å². The highest BCUT2D eigenvalue weighted by atomic mass is 79.9. The largest absolute Gasteiger partial charge is 0.310 e. The fourth-order valence-corrected chi connectivity index (χ4v) is 2.98. The zero-order valence-electron chi connectivity index (χ0n) is 9.97. The minimum atomic E-state index is -0.201. The molecule has 1 aliphatic carbocycles. The average molecular weight is 298 g/mol. The van der Waals surface area contributed by atoms with E-state index in [2.05, 4.69) is 27.3 Å². The highest BCUT2D eigenvalue weighted by Gasteiger charge is 2.18. The van der Waals surface area contributed by atoms with E-state index < -0.39 is 0 Å². The van der Waals surface area contributed by atoms with Crippen LogP contribution in [0.3, 0.4) is 0 Å². The summed E-state index contributed by atoms with van der Waals surface area (Å²) in [5, 5.41) is 3.33. The lowest BCUT2D eigenvalue weighted by Crippen LogP contribution is -2.20. The van der Waals surface area contributed by atoms with Gasteiger partial charge in [0.2, 0.25) is 0 Å². The van der Waals surface area contributed by atoms with E-state index in [-0.39, 0.29) is 11.9 Å². The topological polar surface area (TPSA) is 12.0 Å². The summed E-state index contributed by atoms with van der Waals surface area (Å²) in [6, 6.07) is 5.11. The van der Waals surface area contributed by atoms with Crippen LogP contribution in [0.2, 0.25) is 0 Å². The first-order chi connectivity index (χ1) is 8.22. The predicted octanol–water partition coefficient (Wildman–Crippen LogP) is 4.35. The monoisotopic (exact) mass is 297 g/mol. The molecule has 92 valence electrons. The van der Waals surface area contributed by atoms with E-state index in [1.807, 2.05) is 13.1 Å². The Bertz CT molecular complexity index is 428. The van der Waals surface area contributed by atoms with Crippen LogP contribution in [-0.4, -0.2) is 7.05 Å². The molecule has 0 fully saturated rings. The molecule has 17 heavy (non-hydrogen) atoms. The van der Waals surface area contributed by atoms with E-state index >= 15 is 0 Å². The van der Waals surface area contributed by atoms with Gasteiger partial charge in [-0.15, -0.1) is 0 Å². The molecule has 1 unspecified atom stereocenters. The van der Waals surface area contributed by atoms with Gasteiger partial charge in [0.25, 0.3) is 0 Å². The number of allylic oxidation sites excluding steroid dienone is 1. The van der Waals surface area contributed by atoms with Crippen molar-refractivity contribution >= 4 is 15.9 Å². The quantitative estimate of drug-likeness (QED) is 0.818. The van der Waals surface area contributed by atoms with Crippen LogP contribution in [0.5, 0.6) is 0 Å². The molecule has 1 aromatic carbocycles. The molecule has 0 amide bonds. The molecule has 1 N–H and O–H groups in total. The molecule has 0 radical (unpaired) electrons. The Hall–Kier alpha value is -0.670. The van der Waals surface area contributed by atoms with Gasteiger partial charge < -0.3 is 5.32 Å². The normalized spacial score (nSPS) is 17.7. The van der Waals surface area contributed by atoms with Gasteiger partial charge in [-0.05, 0) is 50.4 Å². The smallest absolute Gasteiger partial charge is 0.124 e. The first kappa shape index (κ1) is 12.8. The summed E-state index contributed by atoms with van der Waals surface area (Å²) in [4.78, 5) is 0. The van der Waals surface area contributed by atoms with Gasteiger partial charge in [0.1, 0.15) is 5.82 Å². The summed E-state index contributed by atoms with van der Waals surface area (Å²) < 4.78 is 13.9. The van der Waals surface area contributed by atoms with Crippen molar-refractivity contribution in [1.29, 1.82) is 0 Å². The summed E-state index contributed by atoms with van der Waals surface area (Å²) in [5.74, 6) is -0.201. The average Bonchev–Trinajstić information content (AvgIpc) is 2.34. The molecule has 2 rings (SSSR count). The molecule has 1 aliphatic rings. The van der Waals surface area contributed by atoms with Crippen molar-refractivity contribution < 1.29 is 4.39 Å². The first-order valence-corrected chi connectivity index (χ1v) is 6.83. The lowest BCUT2D eigenvalue weighted by atomic mass is 9.90. The number of halogens is 2. The Balaban J connectivity index is 2.31. The van der Waals surface area contributed by atoms with E-state index in [4.69, 9.17) is 0 Å².